The van der Waals surface area contributed by atoms with Crippen LogP contribution >= 0.6 is 0 Å². The Balaban J connectivity index is 1.96. The van der Waals surface area contributed by atoms with Crippen LogP contribution in [0.15, 0.2) is 61.2 Å². The molecular weight excluding hydrogens is 344 g/mol. The summed E-state index contributed by atoms with van der Waals surface area (Å²) in [4.78, 5) is 29.3. The van der Waals surface area contributed by atoms with Crippen LogP contribution in [0.3, 0.4) is 0 Å². The highest BCUT2D eigenvalue weighted by atomic mass is 16.6. The molecule has 0 spiro atoms. The summed E-state index contributed by atoms with van der Waals surface area (Å²) in [6, 6.07) is 12.2. The molecule has 3 rings (SSSR count). The third kappa shape index (κ3) is 3.72. The second-order valence-corrected chi connectivity index (χ2v) is 6.54. The van der Waals surface area contributed by atoms with Crippen LogP contribution in [0.4, 0.5) is 11.4 Å². The first kappa shape index (κ1) is 18.3. The molecule has 0 atom stereocenters. The molecule has 0 unspecified atom stereocenters. The molecule has 0 aliphatic heterocycles. The van der Waals surface area contributed by atoms with Gasteiger partial charge in [-0.05, 0) is 35.7 Å². The summed E-state index contributed by atoms with van der Waals surface area (Å²) < 4.78 is 1.54. The van der Waals surface area contributed by atoms with E-state index in [2.05, 4.69) is 18.8 Å². The van der Waals surface area contributed by atoms with Gasteiger partial charge in [0.2, 0.25) is 0 Å². The van der Waals surface area contributed by atoms with Crippen LogP contribution in [-0.2, 0) is 0 Å². The van der Waals surface area contributed by atoms with Gasteiger partial charge in [-0.2, -0.15) is 0 Å². The number of rotatable bonds is 5. The van der Waals surface area contributed by atoms with Crippen molar-refractivity contribution >= 4 is 17.3 Å². The zero-order chi connectivity index (χ0) is 19.6. The lowest BCUT2D eigenvalue weighted by atomic mass is 10.0. The minimum absolute atomic E-state index is 0.150. The fourth-order valence-electron chi connectivity index (χ4n) is 2.83. The van der Waals surface area contributed by atoms with Crippen LogP contribution in [0.1, 0.15) is 35.7 Å². The van der Waals surface area contributed by atoms with E-state index in [4.69, 9.17) is 0 Å². The van der Waals surface area contributed by atoms with Gasteiger partial charge in [-0.25, -0.2) is 4.98 Å². The molecule has 1 heterocycles. The molecule has 0 N–H and O–H groups in total. The molecule has 1 amide bonds. The number of benzene rings is 2. The predicted molar refractivity (Wildman–Crippen MR) is 103 cm³/mol. The summed E-state index contributed by atoms with van der Waals surface area (Å²) >= 11 is 0. The summed E-state index contributed by atoms with van der Waals surface area (Å²) in [7, 11) is 1.66. The van der Waals surface area contributed by atoms with Gasteiger partial charge in [0.15, 0.2) is 0 Å². The van der Waals surface area contributed by atoms with E-state index < -0.39 is 4.92 Å². The summed E-state index contributed by atoms with van der Waals surface area (Å²) in [5.41, 5.74) is 2.32. The Bertz CT molecular complexity index is 981. The summed E-state index contributed by atoms with van der Waals surface area (Å²) in [6.45, 7) is 4.16. The van der Waals surface area contributed by atoms with Crippen LogP contribution in [0.5, 0.6) is 0 Å². The molecule has 0 saturated carbocycles. The molecule has 1 aromatic heterocycles. The van der Waals surface area contributed by atoms with E-state index in [0.29, 0.717) is 11.6 Å². The molecule has 7 nitrogen and oxygen atoms in total. The highest BCUT2D eigenvalue weighted by Crippen LogP contribution is 2.26. The van der Waals surface area contributed by atoms with Crippen LogP contribution in [0.2, 0.25) is 0 Å². The number of hydrogen-bond donors (Lipinski definition) is 0. The number of hydrogen-bond acceptors (Lipinski definition) is 4. The second kappa shape index (κ2) is 7.41. The van der Waals surface area contributed by atoms with E-state index in [1.54, 1.807) is 29.9 Å². The van der Waals surface area contributed by atoms with Gasteiger partial charge in [0.25, 0.3) is 11.6 Å². The van der Waals surface area contributed by atoms with Gasteiger partial charge in [-0.3, -0.25) is 14.9 Å². The van der Waals surface area contributed by atoms with Crippen LogP contribution in [-0.4, -0.2) is 27.4 Å². The van der Waals surface area contributed by atoms with Crippen LogP contribution < -0.4 is 4.90 Å². The Hall–Kier alpha value is -3.48. The maximum absolute atomic E-state index is 12.9. The molecular formula is C20H20N4O3. The van der Waals surface area contributed by atoms with Crippen molar-refractivity contribution in [2.24, 2.45) is 0 Å². The van der Waals surface area contributed by atoms with E-state index in [0.717, 1.165) is 11.3 Å². The topological polar surface area (TPSA) is 81.3 Å². The lowest BCUT2D eigenvalue weighted by Crippen LogP contribution is -2.26. The average molecular weight is 364 g/mol. The number of nitrogens with zero attached hydrogens (tertiary/aromatic N) is 4. The molecule has 0 aliphatic carbocycles. The van der Waals surface area contributed by atoms with E-state index >= 15 is 0 Å². The minimum Gasteiger partial charge on any atom is -0.311 e. The monoisotopic (exact) mass is 364 g/mol. The molecule has 7 heteroatoms. The largest absolute Gasteiger partial charge is 0.311 e. The van der Waals surface area contributed by atoms with E-state index in [-0.39, 0.29) is 17.2 Å². The zero-order valence-electron chi connectivity index (χ0n) is 15.4. The lowest BCUT2D eigenvalue weighted by Gasteiger charge is -2.19. The first-order chi connectivity index (χ1) is 12.9. The molecule has 0 radical (unpaired) electrons. The second-order valence-electron chi connectivity index (χ2n) is 6.54. The smallest absolute Gasteiger partial charge is 0.294 e. The number of aromatic nitrogens is 2. The van der Waals surface area contributed by atoms with Gasteiger partial charge < -0.3 is 9.47 Å². The van der Waals surface area contributed by atoms with Crippen molar-refractivity contribution in [1.82, 2.24) is 9.55 Å². The fraction of sp³-hybridized carbons (Fsp3) is 0.200. The fourth-order valence-corrected chi connectivity index (χ4v) is 2.83. The SMILES string of the molecule is CC(C)c1cccc(N(C)C(=O)c2ccc(-n3ccnc3)c([N+](=O)[O-])c2)c1. The average Bonchev–Trinajstić information content (AvgIpc) is 3.21. The summed E-state index contributed by atoms with van der Waals surface area (Å²) in [5.74, 6) is 0.0280. The Morgan fingerprint density at radius 3 is 2.63 bits per heavy atom. The number of carbonyl (C=O) groups is 1. The van der Waals surface area contributed by atoms with Crippen molar-refractivity contribution in [3.05, 3.63) is 82.4 Å². The van der Waals surface area contributed by atoms with Gasteiger partial charge in [0.1, 0.15) is 5.69 Å². The van der Waals surface area contributed by atoms with Crippen molar-refractivity contribution in [3.8, 4) is 5.69 Å². The Labute approximate surface area is 157 Å². The van der Waals surface area contributed by atoms with Crippen molar-refractivity contribution in [2.45, 2.75) is 19.8 Å². The highest BCUT2D eigenvalue weighted by Gasteiger charge is 2.21. The van der Waals surface area contributed by atoms with Gasteiger partial charge in [0, 0.05) is 36.8 Å². The lowest BCUT2D eigenvalue weighted by molar-refractivity contribution is -0.384. The molecule has 138 valence electrons. The van der Waals surface area contributed by atoms with E-state index in [1.165, 1.54) is 23.5 Å². The molecule has 0 aliphatic rings. The first-order valence-electron chi connectivity index (χ1n) is 8.53. The maximum atomic E-state index is 12.9. The number of nitro benzene ring substituents is 1. The maximum Gasteiger partial charge on any atom is 0.294 e. The van der Waals surface area contributed by atoms with E-state index in [1.807, 2.05) is 24.3 Å². The summed E-state index contributed by atoms with van der Waals surface area (Å²) in [5, 5.41) is 11.5. The Morgan fingerprint density at radius 2 is 2.00 bits per heavy atom. The van der Waals surface area contributed by atoms with Gasteiger partial charge in [0.05, 0.1) is 11.3 Å². The van der Waals surface area contributed by atoms with Gasteiger partial charge >= 0.3 is 0 Å². The number of nitro groups is 1. The summed E-state index contributed by atoms with van der Waals surface area (Å²) in [6.07, 6.45) is 4.64. The first-order valence-corrected chi connectivity index (χ1v) is 8.53. The minimum atomic E-state index is -0.495. The number of imidazole rings is 1. The molecule has 0 bridgehead atoms. The quantitative estimate of drug-likeness (QED) is 0.502. The standard InChI is InChI=1S/C20H20N4O3/c1-14(2)15-5-4-6-17(11-15)22(3)20(25)16-7-8-18(19(12-16)24(26)27)23-10-9-21-13-23/h4-14H,1-3H3. The van der Waals surface area contributed by atoms with Gasteiger partial charge in [-0.15, -0.1) is 0 Å². The van der Waals surface area contributed by atoms with Crippen molar-refractivity contribution in [1.29, 1.82) is 0 Å². The normalized spacial score (nSPS) is 10.8. The predicted octanol–water partition coefficient (Wildman–Crippen LogP) is 4.18. The highest BCUT2D eigenvalue weighted by molar-refractivity contribution is 6.06. The Kier molecular flexibility index (Phi) is 5.03. The molecule has 27 heavy (non-hydrogen) atoms. The van der Waals surface area contributed by atoms with Crippen molar-refractivity contribution < 1.29 is 9.72 Å². The van der Waals surface area contributed by atoms with Crippen LogP contribution in [0.25, 0.3) is 5.69 Å². The third-order valence-corrected chi connectivity index (χ3v) is 4.43. The molecule has 0 fully saturated rings. The van der Waals surface area contributed by atoms with Crippen molar-refractivity contribution in [2.75, 3.05) is 11.9 Å². The van der Waals surface area contributed by atoms with Crippen molar-refractivity contribution in [3.63, 3.8) is 0 Å². The molecule has 0 saturated heterocycles. The number of amides is 1. The number of carbonyl (C=O) groups excluding carboxylic acids is 1. The Morgan fingerprint density at radius 1 is 1.22 bits per heavy atom. The van der Waals surface area contributed by atoms with Crippen LogP contribution in [0, 0.1) is 10.1 Å². The van der Waals surface area contributed by atoms with E-state index in [9.17, 15) is 14.9 Å². The van der Waals surface area contributed by atoms with Gasteiger partial charge in [-0.1, -0.05) is 26.0 Å². The zero-order valence-corrected chi connectivity index (χ0v) is 15.4. The molecule has 3 aromatic rings. The molecule has 2 aromatic carbocycles. The third-order valence-electron chi connectivity index (χ3n) is 4.43. The number of anilines is 1.